The van der Waals surface area contributed by atoms with Crippen LogP contribution in [0.1, 0.15) is 12.5 Å². The van der Waals surface area contributed by atoms with Gasteiger partial charge in [-0.3, -0.25) is 14.4 Å². The van der Waals surface area contributed by atoms with E-state index in [2.05, 4.69) is 16.0 Å². The molecule has 0 aliphatic carbocycles. The molecule has 2 aromatic carbocycles. The van der Waals surface area contributed by atoms with Gasteiger partial charge >= 0.3 is 0 Å². The van der Waals surface area contributed by atoms with Crippen LogP contribution in [-0.2, 0) is 20.8 Å². The summed E-state index contributed by atoms with van der Waals surface area (Å²) in [6, 6.07) is 13.9. The minimum absolute atomic E-state index is 0.123. The van der Waals surface area contributed by atoms with Crippen molar-refractivity contribution in [3.63, 3.8) is 0 Å². The highest BCUT2D eigenvalue weighted by atomic mass is 16.5. The molecule has 0 bridgehead atoms. The van der Waals surface area contributed by atoms with Crippen LogP contribution in [0.4, 0.5) is 11.4 Å². The molecule has 0 aliphatic rings. The first-order valence-corrected chi connectivity index (χ1v) is 8.03. The van der Waals surface area contributed by atoms with E-state index >= 15 is 0 Å². The molecule has 7 heteroatoms. The largest absolute Gasteiger partial charge is 0.497 e. The lowest BCUT2D eigenvalue weighted by atomic mass is 10.1. The van der Waals surface area contributed by atoms with Crippen LogP contribution in [0.5, 0.6) is 5.75 Å². The zero-order chi connectivity index (χ0) is 18.9. The highest BCUT2D eigenvalue weighted by Gasteiger charge is 2.07. The first-order chi connectivity index (χ1) is 12.5. The number of hydrogen-bond donors (Lipinski definition) is 3. The Labute approximate surface area is 151 Å². The molecular weight excluding hydrogens is 334 g/mol. The van der Waals surface area contributed by atoms with Gasteiger partial charge in [0.2, 0.25) is 17.7 Å². The van der Waals surface area contributed by atoms with Crippen molar-refractivity contribution in [3.05, 3.63) is 54.1 Å². The van der Waals surface area contributed by atoms with Gasteiger partial charge in [-0.05, 0) is 42.0 Å². The minimum atomic E-state index is -0.333. The number of carbonyl (C=O) groups is 3. The molecule has 26 heavy (non-hydrogen) atoms. The molecule has 7 nitrogen and oxygen atoms in total. The Morgan fingerprint density at radius 2 is 1.42 bits per heavy atom. The summed E-state index contributed by atoms with van der Waals surface area (Å²) in [4.78, 5) is 34.8. The van der Waals surface area contributed by atoms with E-state index in [1.807, 2.05) is 0 Å². The summed E-state index contributed by atoms with van der Waals surface area (Å²) in [6.07, 6.45) is 0.183. The molecule has 0 aromatic heterocycles. The molecule has 136 valence electrons. The number of ether oxygens (including phenoxy) is 1. The van der Waals surface area contributed by atoms with Gasteiger partial charge < -0.3 is 20.7 Å². The maximum absolute atomic E-state index is 11.9. The van der Waals surface area contributed by atoms with E-state index < -0.39 is 0 Å². The zero-order valence-corrected chi connectivity index (χ0v) is 14.7. The van der Waals surface area contributed by atoms with Crippen molar-refractivity contribution in [2.24, 2.45) is 0 Å². The molecule has 3 amide bonds. The van der Waals surface area contributed by atoms with Crippen LogP contribution in [0.15, 0.2) is 48.5 Å². The van der Waals surface area contributed by atoms with Crippen LogP contribution in [0, 0.1) is 0 Å². The van der Waals surface area contributed by atoms with Crippen molar-refractivity contribution < 1.29 is 19.1 Å². The Hall–Kier alpha value is -3.35. The van der Waals surface area contributed by atoms with Crippen molar-refractivity contribution in [1.29, 1.82) is 0 Å². The number of rotatable bonds is 7. The number of nitrogens with one attached hydrogen (secondary N) is 3. The SMILES string of the molecule is COc1ccc(CC(=O)NCC(=O)Nc2ccc(NC(C)=O)cc2)cc1. The lowest BCUT2D eigenvalue weighted by Crippen LogP contribution is -2.33. The molecule has 2 aromatic rings. The van der Waals surface area contributed by atoms with Crippen LogP contribution >= 0.6 is 0 Å². The lowest BCUT2D eigenvalue weighted by Gasteiger charge is -2.08. The Balaban J connectivity index is 1.76. The molecule has 0 unspecified atom stereocenters. The third-order valence-electron chi connectivity index (χ3n) is 3.46. The number of methoxy groups -OCH3 is 1. The first-order valence-electron chi connectivity index (χ1n) is 8.03. The molecule has 0 fully saturated rings. The topological polar surface area (TPSA) is 96.5 Å². The molecule has 2 rings (SSSR count). The molecule has 0 atom stereocenters. The second-order valence-electron chi connectivity index (χ2n) is 5.61. The van der Waals surface area contributed by atoms with E-state index in [0.717, 1.165) is 11.3 Å². The molecule has 0 saturated heterocycles. The van der Waals surface area contributed by atoms with Crippen LogP contribution in [0.25, 0.3) is 0 Å². The second kappa shape index (κ2) is 9.22. The zero-order valence-electron chi connectivity index (χ0n) is 14.7. The van der Waals surface area contributed by atoms with Crippen LogP contribution in [0.3, 0.4) is 0 Å². The van der Waals surface area contributed by atoms with Gasteiger partial charge in [-0.1, -0.05) is 12.1 Å². The summed E-state index contributed by atoms with van der Waals surface area (Å²) < 4.78 is 5.06. The molecule has 0 spiro atoms. The molecule has 3 N–H and O–H groups in total. The fraction of sp³-hybridized carbons (Fsp3) is 0.211. The smallest absolute Gasteiger partial charge is 0.243 e. The normalized spacial score (nSPS) is 9.92. The van der Waals surface area contributed by atoms with Crippen molar-refractivity contribution in [1.82, 2.24) is 5.32 Å². The van der Waals surface area contributed by atoms with E-state index in [-0.39, 0.29) is 30.7 Å². The average molecular weight is 355 g/mol. The second-order valence-corrected chi connectivity index (χ2v) is 5.61. The quantitative estimate of drug-likeness (QED) is 0.707. The number of hydrogen-bond acceptors (Lipinski definition) is 4. The third kappa shape index (κ3) is 6.27. The molecule has 0 aliphatic heterocycles. The maximum atomic E-state index is 11.9. The minimum Gasteiger partial charge on any atom is -0.497 e. The number of carbonyl (C=O) groups excluding carboxylic acids is 3. The number of benzene rings is 2. The summed E-state index contributed by atoms with van der Waals surface area (Å²) in [7, 11) is 1.58. The van der Waals surface area contributed by atoms with Crippen molar-refractivity contribution in [2.75, 3.05) is 24.3 Å². The fourth-order valence-electron chi connectivity index (χ4n) is 2.22. The fourth-order valence-corrected chi connectivity index (χ4v) is 2.22. The first kappa shape index (κ1) is 19.0. The summed E-state index contributed by atoms with van der Waals surface area (Å²) in [5.41, 5.74) is 2.05. The highest BCUT2D eigenvalue weighted by Crippen LogP contribution is 2.13. The summed E-state index contributed by atoms with van der Waals surface area (Å²) >= 11 is 0. The summed E-state index contributed by atoms with van der Waals surface area (Å²) in [6.45, 7) is 1.30. The van der Waals surface area contributed by atoms with Crippen molar-refractivity contribution >= 4 is 29.1 Å². The molecular formula is C19H21N3O4. The number of anilines is 2. The standard InChI is InChI=1S/C19H21N3O4/c1-13(23)21-15-5-7-16(8-6-15)22-19(25)12-20-18(24)11-14-3-9-17(26-2)10-4-14/h3-10H,11-12H2,1-2H3,(H,20,24)(H,21,23)(H,22,25). The Bertz CT molecular complexity index is 770. The van der Waals surface area contributed by atoms with Crippen molar-refractivity contribution in [2.45, 2.75) is 13.3 Å². The maximum Gasteiger partial charge on any atom is 0.243 e. The number of amides is 3. The monoisotopic (exact) mass is 355 g/mol. The summed E-state index contributed by atoms with van der Waals surface area (Å²) in [5.74, 6) is -0.0221. The van der Waals surface area contributed by atoms with Crippen LogP contribution in [0.2, 0.25) is 0 Å². The van der Waals surface area contributed by atoms with Gasteiger partial charge in [-0.15, -0.1) is 0 Å². The average Bonchev–Trinajstić information content (AvgIpc) is 2.62. The predicted octanol–water partition coefficient (Wildman–Crippen LogP) is 1.95. The van der Waals surface area contributed by atoms with Crippen molar-refractivity contribution in [3.8, 4) is 5.75 Å². The molecule has 0 saturated carbocycles. The summed E-state index contributed by atoms with van der Waals surface area (Å²) in [5, 5.41) is 7.89. The van der Waals surface area contributed by atoms with Crippen LogP contribution in [-0.4, -0.2) is 31.4 Å². The highest BCUT2D eigenvalue weighted by molar-refractivity contribution is 5.95. The van der Waals surface area contributed by atoms with Gasteiger partial charge in [0, 0.05) is 18.3 Å². The van der Waals surface area contributed by atoms with E-state index in [0.29, 0.717) is 11.4 Å². The van der Waals surface area contributed by atoms with Gasteiger partial charge in [0.15, 0.2) is 0 Å². The lowest BCUT2D eigenvalue weighted by molar-refractivity contribution is -0.123. The van der Waals surface area contributed by atoms with Gasteiger partial charge in [0.05, 0.1) is 20.1 Å². The van der Waals surface area contributed by atoms with Gasteiger partial charge in [-0.25, -0.2) is 0 Å². The van der Waals surface area contributed by atoms with Gasteiger partial charge in [0.1, 0.15) is 5.75 Å². The van der Waals surface area contributed by atoms with Gasteiger partial charge in [-0.2, -0.15) is 0 Å². The molecule has 0 heterocycles. The Kier molecular flexibility index (Phi) is 6.73. The third-order valence-corrected chi connectivity index (χ3v) is 3.46. The van der Waals surface area contributed by atoms with E-state index in [4.69, 9.17) is 4.74 Å². The van der Waals surface area contributed by atoms with Crippen LogP contribution < -0.4 is 20.7 Å². The predicted molar refractivity (Wildman–Crippen MR) is 99.1 cm³/mol. The Morgan fingerprint density at radius 3 is 1.96 bits per heavy atom. The van der Waals surface area contributed by atoms with Gasteiger partial charge in [0.25, 0.3) is 0 Å². The molecule has 0 radical (unpaired) electrons. The van der Waals surface area contributed by atoms with E-state index in [1.54, 1.807) is 55.6 Å². The van der Waals surface area contributed by atoms with E-state index in [1.165, 1.54) is 6.92 Å². The Morgan fingerprint density at radius 1 is 0.846 bits per heavy atom. The van der Waals surface area contributed by atoms with E-state index in [9.17, 15) is 14.4 Å².